The van der Waals surface area contributed by atoms with Crippen molar-refractivity contribution in [1.29, 1.82) is 0 Å². The number of allylic oxidation sites excluding steroid dienone is 5. The molecule has 2 unspecified atom stereocenters. The van der Waals surface area contributed by atoms with Crippen molar-refractivity contribution in [1.82, 2.24) is 4.90 Å². The molecular weight excluding hydrogens is 230 g/mol. The topological polar surface area (TPSA) is 3.24 Å². The zero-order valence-electron chi connectivity index (χ0n) is 11.7. The summed E-state index contributed by atoms with van der Waals surface area (Å²) in [6.07, 6.45) is 10.4. The third-order valence-electron chi connectivity index (χ3n) is 4.04. The standard InChI is InChI=1S/C18H21N/c1-19(2)13-17-15-10-6-7-11-16(12-15)18(17)14-8-4-3-5-9-14/h3-11,15-16H,12-13H2,1-2H3. The lowest BCUT2D eigenvalue weighted by Gasteiger charge is -2.18. The third-order valence-corrected chi connectivity index (χ3v) is 4.04. The average Bonchev–Trinajstić information content (AvgIpc) is 2.58. The van der Waals surface area contributed by atoms with Gasteiger partial charge in [0.25, 0.3) is 0 Å². The lowest BCUT2D eigenvalue weighted by Crippen LogP contribution is -2.18. The summed E-state index contributed by atoms with van der Waals surface area (Å²) >= 11 is 0. The summed E-state index contributed by atoms with van der Waals surface area (Å²) in [5.74, 6) is 1.19. The molecule has 1 aromatic rings. The van der Waals surface area contributed by atoms with E-state index in [1.165, 1.54) is 12.0 Å². The normalized spacial score (nSPS) is 25.2. The largest absolute Gasteiger partial charge is 0.305 e. The van der Waals surface area contributed by atoms with Crippen LogP contribution in [0.15, 0.2) is 60.2 Å². The smallest absolute Gasteiger partial charge is 0.0198 e. The van der Waals surface area contributed by atoms with Crippen molar-refractivity contribution < 1.29 is 0 Å². The Kier molecular flexibility index (Phi) is 3.39. The van der Waals surface area contributed by atoms with Gasteiger partial charge in [-0.1, -0.05) is 54.6 Å². The minimum Gasteiger partial charge on any atom is -0.305 e. The van der Waals surface area contributed by atoms with Crippen LogP contribution >= 0.6 is 0 Å². The van der Waals surface area contributed by atoms with Gasteiger partial charge in [-0.15, -0.1) is 0 Å². The van der Waals surface area contributed by atoms with Crippen molar-refractivity contribution in [3.63, 3.8) is 0 Å². The Hall–Kier alpha value is -1.60. The summed E-state index contributed by atoms with van der Waals surface area (Å²) in [5.41, 5.74) is 4.55. The summed E-state index contributed by atoms with van der Waals surface area (Å²) in [6.45, 7) is 1.06. The molecule has 98 valence electrons. The Morgan fingerprint density at radius 3 is 2.37 bits per heavy atom. The van der Waals surface area contributed by atoms with E-state index in [1.54, 1.807) is 11.1 Å². The van der Waals surface area contributed by atoms with Crippen LogP contribution < -0.4 is 0 Å². The highest BCUT2D eigenvalue weighted by molar-refractivity contribution is 5.75. The minimum atomic E-state index is 0.581. The van der Waals surface area contributed by atoms with Gasteiger partial charge >= 0.3 is 0 Å². The number of likely N-dealkylation sites (N-methyl/N-ethyl adjacent to an activating group) is 1. The zero-order valence-corrected chi connectivity index (χ0v) is 11.7. The molecule has 1 heteroatoms. The predicted molar refractivity (Wildman–Crippen MR) is 81.8 cm³/mol. The summed E-state index contributed by atoms with van der Waals surface area (Å²) in [6, 6.07) is 10.9. The van der Waals surface area contributed by atoms with E-state index < -0.39 is 0 Å². The van der Waals surface area contributed by atoms with Crippen LogP contribution in [-0.2, 0) is 0 Å². The molecule has 0 N–H and O–H groups in total. The second-order valence-electron chi connectivity index (χ2n) is 5.76. The molecule has 0 aromatic heterocycles. The highest BCUT2D eigenvalue weighted by Crippen LogP contribution is 2.45. The van der Waals surface area contributed by atoms with Crippen molar-refractivity contribution >= 4 is 5.57 Å². The average molecular weight is 251 g/mol. The number of hydrogen-bond donors (Lipinski definition) is 0. The molecule has 0 saturated carbocycles. The minimum absolute atomic E-state index is 0.581. The van der Waals surface area contributed by atoms with Crippen molar-refractivity contribution in [3.8, 4) is 0 Å². The van der Waals surface area contributed by atoms with Crippen molar-refractivity contribution in [2.45, 2.75) is 6.42 Å². The number of rotatable bonds is 3. The van der Waals surface area contributed by atoms with E-state index in [0.29, 0.717) is 11.8 Å². The van der Waals surface area contributed by atoms with Crippen LogP contribution in [0.1, 0.15) is 12.0 Å². The zero-order chi connectivity index (χ0) is 13.2. The Morgan fingerprint density at radius 1 is 1.00 bits per heavy atom. The van der Waals surface area contributed by atoms with Crippen LogP contribution in [0.5, 0.6) is 0 Å². The fraction of sp³-hybridized carbons (Fsp3) is 0.333. The summed E-state index contributed by atoms with van der Waals surface area (Å²) in [4.78, 5) is 2.28. The maximum Gasteiger partial charge on any atom is 0.0198 e. The molecule has 2 aliphatic rings. The molecule has 19 heavy (non-hydrogen) atoms. The third kappa shape index (κ3) is 2.43. The lowest BCUT2D eigenvalue weighted by atomic mass is 9.92. The fourth-order valence-corrected chi connectivity index (χ4v) is 3.30. The van der Waals surface area contributed by atoms with Crippen molar-refractivity contribution in [2.75, 3.05) is 20.6 Å². The summed E-state index contributed by atoms with van der Waals surface area (Å²) in [7, 11) is 4.32. The van der Waals surface area contributed by atoms with Crippen LogP contribution in [0.2, 0.25) is 0 Å². The lowest BCUT2D eigenvalue weighted by molar-refractivity contribution is 0.432. The van der Waals surface area contributed by atoms with E-state index in [-0.39, 0.29) is 0 Å². The van der Waals surface area contributed by atoms with Gasteiger partial charge in [0.05, 0.1) is 0 Å². The van der Waals surface area contributed by atoms with Gasteiger partial charge < -0.3 is 4.90 Å². The number of nitrogens with zero attached hydrogens (tertiary/aromatic N) is 1. The quantitative estimate of drug-likeness (QED) is 0.790. The molecule has 2 aliphatic carbocycles. The molecular formula is C18H21N. The highest BCUT2D eigenvalue weighted by atomic mass is 15.1. The Bertz CT molecular complexity index is 534. The first-order valence-electron chi connectivity index (χ1n) is 7.04. The Morgan fingerprint density at radius 2 is 1.68 bits per heavy atom. The van der Waals surface area contributed by atoms with Crippen LogP contribution in [0, 0.1) is 11.8 Å². The molecule has 0 amide bonds. The van der Waals surface area contributed by atoms with E-state index in [4.69, 9.17) is 0 Å². The number of benzene rings is 1. The van der Waals surface area contributed by atoms with E-state index in [2.05, 4.69) is 73.6 Å². The SMILES string of the molecule is CN(C)CC1=C(c2ccccc2)C2C=CC=CC1C2. The molecule has 2 atom stereocenters. The number of hydrogen-bond acceptors (Lipinski definition) is 1. The van der Waals surface area contributed by atoms with Gasteiger partial charge in [0, 0.05) is 18.4 Å². The van der Waals surface area contributed by atoms with Gasteiger partial charge in [-0.3, -0.25) is 0 Å². The summed E-state index contributed by atoms with van der Waals surface area (Å²) < 4.78 is 0. The molecule has 2 bridgehead atoms. The molecule has 0 heterocycles. The first-order valence-corrected chi connectivity index (χ1v) is 7.04. The van der Waals surface area contributed by atoms with Crippen LogP contribution in [0.25, 0.3) is 5.57 Å². The van der Waals surface area contributed by atoms with Crippen molar-refractivity contribution in [3.05, 3.63) is 65.8 Å². The van der Waals surface area contributed by atoms with Crippen molar-refractivity contribution in [2.24, 2.45) is 11.8 Å². The van der Waals surface area contributed by atoms with Crippen LogP contribution in [0.4, 0.5) is 0 Å². The fourth-order valence-electron chi connectivity index (χ4n) is 3.30. The molecule has 0 spiro atoms. The maximum absolute atomic E-state index is 2.37. The van der Waals surface area contributed by atoms with E-state index in [0.717, 1.165) is 6.54 Å². The van der Waals surface area contributed by atoms with Gasteiger partial charge in [0.1, 0.15) is 0 Å². The molecule has 3 rings (SSSR count). The van der Waals surface area contributed by atoms with E-state index in [1.807, 2.05) is 0 Å². The number of fused-ring (bicyclic) bond motifs is 2. The second-order valence-corrected chi connectivity index (χ2v) is 5.76. The first-order chi connectivity index (χ1) is 9.25. The van der Waals surface area contributed by atoms with Crippen LogP contribution in [0.3, 0.4) is 0 Å². The Labute approximate surface area is 115 Å². The van der Waals surface area contributed by atoms with Gasteiger partial charge in [-0.2, -0.15) is 0 Å². The maximum atomic E-state index is 2.37. The molecule has 1 aromatic carbocycles. The predicted octanol–water partition coefficient (Wildman–Crippen LogP) is 3.76. The molecule has 0 radical (unpaired) electrons. The van der Waals surface area contributed by atoms with Gasteiger partial charge in [-0.25, -0.2) is 0 Å². The molecule has 1 nitrogen and oxygen atoms in total. The van der Waals surface area contributed by atoms with Gasteiger partial charge in [0.15, 0.2) is 0 Å². The van der Waals surface area contributed by atoms with E-state index in [9.17, 15) is 0 Å². The van der Waals surface area contributed by atoms with Crippen LogP contribution in [-0.4, -0.2) is 25.5 Å². The molecule has 0 aliphatic heterocycles. The van der Waals surface area contributed by atoms with Gasteiger partial charge in [-0.05, 0) is 37.2 Å². The Balaban J connectivity index is 2.09. The molecule has 0 saturated heterocycles. The highest BCUT2D eigenvalue weighted by Gasteiger charge is 2.32. The molecule has 0 fully saturated rings. The van der Waals surface area contributed by atoms with E-state index >= 15 is 0 Å². The first kappa shape index (κ1) is 12.4. The van der Waals surface area contributed by atoms with Gasteiger partial charge in [0.2, 0.25) is 0 Å². The summed E-state index contributed by atoms with van der Waals surface area (Å²) in [5, 5.41) is 0. The second kappa shape index (κ2) is 5.18. The monoisotopic (exact) mass is 251 g/mol.